The van der Waals surface area contributed by atoms with E-state index in [1.54, 1.807) is 12.1 Å². The summed E-state index contributed by atoms with van der Waals surface area (Å²) in [4.78, 5) is 30.0. The van der Waals surface area contributed by atoms with Crippen molar-refractivity contribution in [2.24, 2.45) is 0 Å². The van der Waals surface area contributed by atoms with Crippen molar-refractivity contribution in [1.82, 2.24) is 4.98 Å². The van der Waals surface area contributed by atoms with Crippen LogP contribution in [0, 0.1) is 6.92 Å². The summed E-state index contributed by atoms with van der Waals surface area (Å²) in [5.41, 5.74) is 2.71. The maximum atomic E-state index is 12.1. The van der Waals surface area contributed by atoms with E-state index < -0.39 is 11.7 Å². The molecule has 4 nitrogen and oxygen atoms in total. The Labute approximate surface area is 124 Å². The summed E-state index contributed by atoms with van der Waals surface area (Å²) in [7, 11) is 0. The van der Waals surface area contributed by atoms with E-state index in [9.17, 15) is 9.59 Å². The normalized spacial score (nSPS) is 13.8. The number of rotatable bonds is 2. The zero-order valence-electron chi connectivity index (χ0n) is 10.8. The van der Waals surface area contributed by atoms with Crippen molar-refractivity contribution in [3.05, 3.63) is 57.8 Å². The van der Waals surface area contributed by atoms with Crippen molar-refractivity contribution in [2.75, 3.05) is 4.90 Å². The zero-order chi connectivity index (χ0) is 14.3. The minimum Gasteiger partial charge on any atom is -0.298 e. The molecule has 0 bridgehead atoms. The van der Waals surface area contributed by atoms with Crippen LogP contribution in [0.3, 0.4) is 0 Å². The molecule has 1 aromatic heterocycles. The molecule has 0 aliphatic carbocycles. The van der Waals surface area contributed by atoms with E-state index >= 15 is 0 Å². The number of ketones is 1. The first-order chi connectivity index (χ1) is 9.58. The molecule has 0 spiro atoms. The van der Waals surface area contributed by atoms with E-state index in [1.165, 1.54) is 4.90 Å². The zero-order valence-corrected chi connectivity index (χ0v) is 12.3. The summed E-state index contributed by atoms with van der Waals surface area (Å²) in [6.07, 6.45) is 0. The van der Waals surface area contributed by atoms with Gasteiger partial charge >= 0.3 is 0 Å². The van der Waals surface area contributed by atoms with E-state index in [0.29, 0.717) is 17.8 Å². The van der Waals surface area contributed by atoms with Crippen LogP contribution < -0.4 is 4.90 Å². The number of pyridine rings is 1. The molecule has 0 unspecified atom stereocenters. The van der Waals surface area contributed by atoms with Gasteiger partial charge in [0.2, 0.25) is 0 Å². The predicted octanol–water partition coefficient (Wildman–Crippen LogP) is 2.88. The van der Waals surface area contributed by atoms with Gasteiger partial charge in [-0.3, -0.25) is 19.5 Å². The molecule has 1 aliphatic rings. The number of hydrogen-bond donors (Lipinski definition) is 0. The van der Waals surface area contributed by atoms with Crippen molar-refractivity contribution >= 4 is 33.3 Å². The average Bonchev–Trinajstić information content (AvgIpc) is 2.66. The first kappa shape index (κ1) is 13.0. The highest BCUT2D eigenvalue weighted by molar-refractivity contribution is 9.10. The highest BCUT2D eigenvalue weighted by atomic mass is 79.9. The maximum absolute atomic E-state index is 12.1. The minimum atomic E-state index is -0.504. The van der Waals surface area contributed by atoms with Gasteiger partial charge in [0.05, 0.1) is 23.5 Å². The molecule has 0 N–H and O–H groups in total. The quantitative estimate of drug-likeness (QED) is 0.795. The third-order valence-corrected chi connectivity index (χ3v) is 3.85. The van der Waals surface area contributed by atoms with Gasteiger partial charge in [-0.15, -0.1) is 0 Å². The maximum Gasteiger partial charge on any atom is 0.299 e. The molecule has 0 saturated heterocycles. The van der Waals surface area contributed by atoms with Gasteiger partial charge in [0.1, 0.15) is 0 Å². The number of carbonyl (C=O) groups excluding carboxylic acids is 2. The largest absolute Gasteiger partial charge is 0.299 e. The van der Waals surface area contributed by atoms with Crippen LogP contribution in [-0.2, 0) is 11.3 Å². The van der Waals surface area contributed by atoms with E-state index in [1.807, 2.05) is 31.2 Å². The van der Waals surface area contributed by atoms with Gasteiger partial charge in [-0.05, 0) is 47.1 Å². The molecule has 0 fully saturated rings. The highest BCUT2D eigenvalue weighted by Gasteiger charge is 2.37. The second-order valence-corrected chi connectivity index (χ2v) is 5.48. The fraction of sp³-hybridized carbons (Fsp3) is 0.133. The number of carbonyl (C=O) groups is 2. The Bertz CT molecular complexity index is 728. The van der Waals surface area contributed by atoms with Crippen molar-refractivity contribution in [1.29, 1.82) is 0 Å². The van der Waals surface area contributed by atoms with Gasteiger partial charge in [-0.1, -0.05) is 12.1 Å². The standard InChI is InChI=1S/C15H11BrN2O2/c1-9-4-2-5-10(17-9)8-18-13-11(14(19)15(18)20)6-3-7-12(13)16/h2-7H,8H2,1H3. The van der Waals surface area contributed by atoms with Crippen molar-refractivity contribution in [3.8, 4) is 0 Å². The van der Waals surface area contributed by atoms with Crippen LogP contribution in [0.5, 0.6) is 0 Å². The Morgan fingerprint density at radius 1 is 1.15 bits per heavy atom. The van der Waals surface area contributed by atoms with Gasteiger partial charge in [0.25, 0.3) is 11.7 Å². The Balaban J connectivity index is 2.03. The molecule has 3 rings (SSSR count). The summed E-state index contributed by atoms with van der Waals surface area (Å²) in [6.45, 7) is 2.19. The molecular formula is C15H11BrN2O2. The molecule has 1 amide bonds. The predicted molar refractivity (Wildman–Crippen MR) is 78.6 cm³/mol. The van der Waals surface area contributed by atoms with Crippen molar-refractivity contribution < 1.29 is 9.59 Å². The number of Topliss-reactive ketones (excluding diaryl/α,β-unsaturated/α-hetero) is 1. The number of hydrogen-bond acceptors (Lipinski definition) is 3. The van der Waals surface area contributed by atoms with Crippen LogP contribution in [0.2, 0.25) is 0 Å². The number of aromatic nitrogens is 1. The molecule has 0 atom stereocenters. The van der Waals surface area contributed by atoms with Crippen LogP contribution in [-0.4, -0.2) is 16.7 Å². The molecule has 2 aromatic rings. The molecule has 100 valence electrons. The lowest BCUT2D eigenvalue weighted by atomic mass is 10.1. The first-order valence-corrected chi connectivity index (χ1v) is 6.94. The van der Waals surface area contributed by atoms with E-state index in [4.69, 9.17) is 0 Å². The van der Waals surface area contributed by atoms with E-state index in [2.05, 4.69) is 20.9 Å². The number of amides is 1. The van der Waals surface area contributed by atoms with Crippen LogP contribution in [0.25, 0.3) is 0 Å². The summed E-state index contributed by atoms with van der Waals surface area (Å²) < 4.78 is 0.738. The van der Waals surface area contributed by atoms with Crippen molar-refractivity contribution in [3.63, 3.8) is 0 Å². The number of aryl methyl sites for hydroxylation is 1. The number of anilines is 1. The lowest BCUT2D eigenvalue weighted by Crippen LogP contribution is -2.29. The lowest BCUT2D eigenvalue weighted by Gasteiger charge is -2.17. The van der Waals surface area contributed by atoms with Crippen molar-refractivity contribution in [2.45, 2.75) is 13.5 Å². The van der Waals surface area contributed by atoms with Crippen LogP contribution >= 0.6 is 15.9 Å². The topological polar surface area (TPSA) is 50.3 Å². The number of halogens is 1. The highest BCUT2D eigenvalue weighted by Crippen LogP contribution is 2.36. The van der Waals surface area contributed by atoms with Gasteiger partial charge in [0, 0.05) is 10.2 Å². The second-order valence-electron chi connectivity index (χ2n) is 4.63. The molecule has 2 heterocycles. The molecule has 1 aromatic carbocycles. The summed E-state index contributed by atoms with van der Waals surface area (Å²) in [5.74, 6) is -0.968. The Morgan fingerprint density at radius 2 is 1.90 bits per heavy atom. The molecule has 0 saturated carbocycles. The third kappa shape index (κ3) is 2.04. The Morgan fingerprint density at radius 3 is 2.65 bits per heavy atom. The smallest absolute Gasteiger partial charge is 0.298 e. The number of nitrogens with zero attached hydrogens (tertiary/aromatic N) is 2. The monoisotopic (exact) mass is 330 g/mol. The van der Waals surface area contributed by atoms with Gasteiger partial charge in [-0.25, -0.2) is 0 Å². The molecule has 20 heavy (non-hydrogen) atoms. The number of benzene rings is 1. The minimum absolute atomic E-state index is 0.294. The van der Waals surface area contributed by atoms with Crippen LogP contribution in [0.15, 0.2) is 40.9 Å². The van der Waals surface area contributed by atoms with Gasteiger partial charge < -0.3 is 0 Å². The van der Waals surface area contributed by atoms with Gasteiger partial charge in [-0.2, -0.15) is 0 Å². The molecular weight excluding hydrogens is 320 g/mol. The van der Waals surface area contributed by atoms with E-state index in [-0.39, 0.29) is 0 Å². The summed E-state index contributed by atoms with van der Waals surface area (Å²) >= 11 is 3.40. The van der Waals surface area contributed by atoms with Crippen LogP contribution in [0.1, 0.15) is 21.7 Å². The molecule has 1 aliphatic heterocycles. The van der Waals surface area contributed by atoms with Crippen LogP contribution in [0.4, 0.5) is 5.69 Å². The SMILES string of the molecule is Cc1cccc(CN2C(=O)C(=O)c3cccc(Br)c32)n1. The molecule has 5 heteroatoms. The fourth-order valence-electron chi connectivity index (χ4n) is 2.31. The fourth-order valence-corrected chi connectivity index (χ4v) is 2.89. The summed E-state index contributed by atoms with van der Waals surface area (Å²) in [6, 6.07) is 10.9. The number of fused-ring (bicyclic) bond motifs is 1. The third-order valence-electron chi connectivity index (χ3n) is 3.21. The van der Waals surface area contributed by atoms with Gasteiger partial charge in [0.15, 0.2) is 0 Å². The lowest BCUT2D eigenvalue weighted by molar-refractivity contribution is -0.114. The Kier molecular flexibility index (Phi) is 3.14. The number of para-hydroxylation sites is 1. The summed E-state index contributed by atoms with van der Waals surface area (Å²) in [5, 5.41) is 0. The average molecular weight is 331 g/mol. The first-order valence-electron chi connectivity index (χ1n) is 6.15. The Hall–Kier alpha value is -2.01. The second kappa shape index (κ2) is 4.83. The van der Waals surface area contributed by atoms with E-state index in [0.717, 1.165) is 15.9 Å². The molecule has 0 radical (unpaired) electrons.